The van der Waals surface area contributed by atoms with Crippen molar-refractivity contribution < 1.29 is 14.3 Å². The number of hydrogen-bond acceptors (Lipinski definition) is 5. The molecule has 0 aromatic rings. The number of nitrogens with zero attached hydrogens (tertiary/aromatic N) is 1. The predicted molar refractivity (Wildman–Crippen MR) is 55.4 cm³/mol. The number of thiocyanates is 1. The van der Waals surface area contributed by atoms with Gasteiger partial charge in [-0.3, -0.25) is 4.79 Å². The van der Waals surface area contributed by atoms with E-state index in [9.17, 15) is 4.79 Å². The lowest BCUT2D eigenvalue weighted by molar-refractivity contribution is -0.134. The molecule has 0 radical (unpaired) electrons. The first-order valence-electron chi connectivity index (χ1n) is 4.06. The third-order valence-corrected chi connectivity index (χ3v) is 3.92. The Balaban J connectivity index is 2.45. The molecule has 1 unspecified atom stereocenters. The van der Waals surface area contributed by atoms with Gasteiger partial charge in [-0.2, -0.15) is 5.26 Å². The number of allylic oxidation sites excluding steroid dienone is 1. The second-order valence-electron chi connectivity index (χ2n) is 2.93. The largest absolute Gasteiger partial charge is 0.341 e. The summed E-state index contributed by atoms with van der Waals surface area (Å²) in [5.41, 5.74) is 0. The van der Waals surface area contributed by atoms with Crippen LogP contribution in [0.3, 0.4) is 0 Å². The topological polar surface area (TPSA) is 59.3 Å². The molecule has 1 aliphatic heterocycles. The molecule has 15 heavy (non-hydrogen) atoms. The van der Waals surface area contributed by atoms with E-state index in [0.717, 1.165) is 11.8 Å². The van der Waals surface area contributed by atoms with Crippen LogP contribution >= 0.6 is 35.0 Å². The van der Waals surface area contributed by atoms with Crippen LogP contribution in [0.2, 0.25) is 0 Å². The third-order valence-electron chi connectivity index (χ3n) is 2.16. The molecule has 0 saturated carbocycles. The van der Waals surface area contributed by atoms with Crippen LogP contribution in [-0.4, -0.2) is 30.2 Å². The number of alkyl halides is 1. The van der Waals surface area contributed by atoms with Crippen molar-refractivity contribution in [2.75, 3.05) is 13.2 Å². The van der Waals surface area contributed by atoms with Gasteiger partial charge >= 0.3 is 0 Å². The van der Waals surface area contributed by atoms with E-state index >= 15 is 0 Å². The summed E-state index contributed by atoms with van der Waals surface area (Å²) in [6.45, 7) is 0.659. The van der Waals surface area contributed by atoms with Gasteiger partial charge in [0.2, 0.25) is 5.79 Å². The van der Waals surface area contributed by atoms with Crippen molar-refractivity contribution in [1.29, 1.82) is 5.26 Å². The zero-order valence-corrected chi connectivity index (χ0v) is 9.66. The van der Waals surface area contributed by atoms with E-state index in [1.807, 2.05) is 5.40 Å². The van der Waals surface area contributed by atoms with Crippen molar-refractivity contribution in [3.8, 4) is 5.40 Å². The van der Waals surface area contributed by atoms with Crippen molar-refractivity contribution in [1.82, 2.24) is 0 Å². The molecule has 1 saturated heterocycles. The SMILES string of the molecule is N#CSC1=C(Cl)C(=O)C(Cl)C12OCCO2. The Labute approximate surface area is 100 Å². The van der Waals surface area contributed by atoms with E-state index in [2.05, 4.69) is 0 Å². The van der Waals surface area contributed by atoms with Crippen LogP contribution in [-0.2, 0) is 14.3 Å². The van der Waals surface area contributed by atoms with Crippen molar-refractivity contribution in [3.63, 3.8) is 0 Å². The highest BCUT2D eigenvalue weighted by Crippen LogP contribution is 2.48. The Hall–Kier alpha value is -0.250. The standard InChI is InChI=1S/C8H5Cl2NO3S/c9-4-5(12)6(10)8(7(4)15-3-11)13-1-2-14-8/h6H,1-2H2. The van der Waals surface area contributed by atoms with Crippen molar-refractivity contribution in [3.05, 3.63) is 9.94 Å². The fourth-order valence-electron chi connectivity index (χ4n) is 1.53. The molecule has 2 aliphatic rings. The second-order valence-corrected chi connectivity index (χ2v) is 4.54. The first kappa shape index (κ1) is 11.2. The molecule has 80 valence electrons. The number of ketones is 1. The number of carbonyl (C=O) groups excluding carboxylic acids is 1. The van der Waals surface area contributed by atoms with Crippen LogP contribution in [0, 0.1) is 10.7 Å². The lowest BCUT2D eigenvalue weighted by Crippen LogP contribution is -2.40. The Kier molecular flexibility index (Phi) is 2.97. The molecule has 1 aliphatic carbocycles. The van der Waals surface area contributed by atoms with Crippen LogP contribution in [0.1, 0.15) is 0 Å². The van der Waals surface area contributed by atoms with Crippen molar-refractivity contribution in [2.45, 2.75) is 11.2 Å². The smallest absolute Gasteiger partial charge is 0.228 e. The Morgan fingerprint density at radius 3 is 2.67 bits per heavy atom. The maximum atomic E-state index is 11.5. The van der Waals surface area contributed by atoms with Crippen LogP contribution < -0.4 is 0 Å². The van der Waals surface area contributed by atoms with Gasteiger partial charge in [0.15, 0.2) is 11.2 Å². The summed E-state index contributed by atoms with van der Waals surface area (Å²) in [5.74, 6) is -1.80. The van der Waals surface area contributed by atoms with E-state index < -0.39 is 16.9 Å². The van der Waals surface area contributed by atoms with Gasteiger partial charge in [0.1, 0.15) is 10.4 Å². The fraction of sp³-hybridized carbons (Fsp3) is 0.500. The highest BCUT2D eigenvalue weighted by Gasteiger charge is 2.58. The van der Waals surface area contributed by atoms with Gasteiger partial charge < -0.3 is 9.47 Å². The zero-order chi connectivity index (χ0) is 11.1. The molecule has 1 heterocycles. The fourth-order valence-corrected chi connectivity index (χ4v) is 3.01. The molecule has 1 atom stereocenters. The number of nitriles is 1. The number of thioether (sulfide) groups is 1. The Bertz CT molecular complexity index is 384. The average Bonchev–Trinajstić information content (AvgIpc) is 2.77. The number of hydrogen-bond donors (Lipinski definition) is 0. The second kappa shape index (κ2) is 3.96. The molecule has 4 nitrogen and oxygen atoms in total. The number of ether oxygens (including phenoxy) is 2. The summed E-state index contributed by atoms with van der Waals surface area (Å²) in [7, 11) is 0. The van der Waals surface area contributed by atoms with Crippen molar-refractivity contribution >= 4 is 40.7 Å². The molecule has 1 fully saturated rings. The maximum Gasteiger partial charge on any atom is 0.228 e. The summed E-state index contributed by atoms with van der Waals surface area (Å²) >= 11 is 12.4. The Morgan fingerprint density at radius 2 is 2.13 bits per heavy atom. The molecular weight excluding hydrogens is 261 g/mol. The average molecular weight is 266 g/mol. The van der Waals surface area contributed by atoms with Gasteiger partial charge in [0.05, 0.1) is 18.1 Å². The maximum absolute atomic E-state index is 11.5. The minimum atomic E-state index is -1.34. The molecule has 0 aromatic carbocycles. The first-order chi connectivity index (χ1) is 7.13. The van der Waals surface area contributed by atoms with Gasteiger partial charge in [0, 0.05) is 0 Å². The van der Waals surface area contributed by atoms with E-state index in [1.54, 1.807) is 0 Å². The minimum Gasteiger partial charge on any atom is -0.341 e. The van der Waals surface area contributed by atoms with Crippen molar-refractivity contribution in [2.24, 2.45) is 0 Å². The lowest BCUT2D eigenvalue weighted by atomic mass is 10.2. The van der Waals surface area contributed by atoms with Gasteiger partial charge in [-0.25, -0.2) is 0 Å². The first-order valence-corrected chi connectivity index (χ1v) is 5.69. The van der Waals surface area contributed by atoms with Crippen LogP contribution in [0.25, 0.3) is 0 Å². The summed E-state index contributed by atoms with van der Waals surface area (Å²) in [4.78, 5) is 11.8. The van der Waals surface area contributed by atoms with Gasteiger partial charge in [0.25, 0.3) is 0 Å². The third kappa shape index (κ3) is 1.49. The molecule has 0 N–H and O–H groups in total. The summed E-state index contributed by atoms with van der Waals surface area (Å²) < 4.78 is 10.7. The van der Waals surface area contributed by atoms with Gasteiger partial charge in [-0.1, -0.05) is 11.6 Å². The lowest BCUT2D eigenvalue weighted by Gasteiger charge is -2.25. The van der Waals surface area contributed by atoms with E-state index in [0.29, 0.717) is 13.2 Å². The van der Waals surface area contributed by atoms with Crippen LogP contribution in [0.4, 0.5) is 0 Å². The number of rotatable bonds is 1. The van der Waals surface area contributed by atoms with Gasteiger partial charge in [-0.15, -0.1) is 11.6 Å². The highest BCUT2D eigenvalue weighted by molar-refractivity contribution is 8.07. The van der Waals surface area contributed by atoms with E-state index in [1.165, 1.54) is 0 Å². The summed E-state index contributed by atoms with van der Waals surface area (Å²) in [6, 6.07) is 0. The quantitative estimate of drug-likeness (QED) is 0.532. The number of carbonyl (C=O) groups is 1. The molecular formula is C8H5Cl2NO3S. The summed E-state index contributed by atoms with van der Waals surface area (Å²) in [5, 5.41) is 9.37. The summed E-state index contributed by atoms with van der Waals surface area (Å²) in [6.07, 6.45) is 0. The monoisotopic (exact) mass is 265 g/mol. The van der Waals surface area contributed by atoms with Crippen LogP contribution in [0.5, 0.6) is 0 Å². The molecule has 0 amide bonds. The molecule has 1 spiro atoms. The zero-order valence-electron chi connectivity index (χ0n) is 7.33. The molecule has 0 aromatic heterocycles. The molecule has 2 rings (SSSR count). The minimum absolute atomic E-state index is 0.0662. The van der Waals surface area contributed by atoms with E-state index in [4.69, 9.17) is 37.9 Å². The van der Waals surface area contributed by atoms with E-state index in [-0.39, 0.29) is 9.94 Å². The highest BCUT2D eigenvalue weighted by atomic mass is 35.5. The molecule has 0 bridgehead atoms. The number of Topliss-reactive ketones (excluding diaryl/α,β-unsaturated/α-hetero) is 1. The normalized spacial score (nSPS) is 28.9. The number of halogens is 2. The molecule has 7 heteroatoms. The van der Waals surface area contributed by atoms with Gasteiger partial charge in [-0.05, 0) is 11.8 Å². The van der Waals surface area contributed by atoms with Crippen LogP contribution in [0.15, 0.2) is 9.94 Å². The Morgan fingerprint density at radius 1 is 1.53 bits per heavy atom. The predicted octanol–water partition coefficient (Wildman–Crippen LogP) is 1.58.